The topological polar surface area (TPSA) is 90.0 Å². The molecule has 3 aromatic carbocycles. The number of hydrogen-bond acceptors (Lipinski definition) is 4. The SMILES string of the molecule is CCNC(=O)[C@H](Cc1ccccc1)N(Cc1ccccc1F)C(=O)CN(c1ccccc1F)S(=O)(=O)N(C)C. The number of hydrogen-bond donors (Lipinski definition) is 1. The van der Waals surface area contributed by atoms with Gasteiger partial charge in [-0.05, 0) is 30.7 Å². The first-order chi connectivity index (χ1) is 18.6. The number of amides is 2. The molecule has 39 heavy (non-hydrogen) atoms. The van der Waals surface area contributed by atoms with Crippen LogP contribution in [-0.2, 0) is 32.8 Å². The van der Waals surface area contributed by atoms with Crippen molar-refractivity contribution in [2.75, 3.05) is 31.5 Å². The van der Waals surface area contributed by atoms with E-state index >= 15 is 0 Å². The van der Waals surface area contributed by atoms with Crippen molar-refractivity contribution in [1.82, 2.24) is 14.5 Å². The maximum Gasteiger partial charge on any atom is 0.304 e. The zero-order chi connectivity index (χ0) is 28.6. The van der Waals surface area contributed by atoms with E-state index in [0.29, 0.717) is 4.31 Å². The van der Waals surface area contributed by atoms with Crippen LogP contribution >= 0.6 is 0 Å². The fourth-order valence-corrected chi connectivity index (χ4v) is 5.08. The Bertz CT molecular complexity index is 1390. The third kappa shape index (κ3) is 7.39. The number of halogens is 2. The van der Waals surface area contributed by atoms with E-state index in [0.717, 1.165) is 20.8 Å². The summed E-state index contributed by atoms with van der Waals surface area (Å²) in [7, 11) is -1.81. The van der Waals surface area contributed by atoms with Crippen LogP contribution < -0.4 is 9.62 Å². The van der Waals surface area contributed by atoms with Crippen molar-refractivity contribution in [2.45, 2.75) is 25.9 Å². The summed E-state index contributed by atoms with van der Waals surface area (Å²) in [5.74, 6) is -2.73. The molecule has 1 N–H and O–H groups in total. The van der Waals surface area contributed by atoms with Gasteiger partial charge in [-0.1, -0.05) is 60.7 Å². The second kappa shape index (κ2) is 13.3. The van der Waals surface area contributed by atoms with Gasteiger partial charge in [-0.2, -0.15) is 12.7 Å². The average molecular weight is 559 g/mol. The molecule has 3 aromatic rings. The minimum Gasteiger partial charge on any atom is -0.355 e. The first-order valence-electron chi connectivity index (χ1n) is 12.4. The van der Waals surface area contributed by atoms with Gasteiger partial charge in [0.15, 0.2) is 0 Å². The molecule has 0 aliphatic rings. The number of anilines is 1. The lowest BCUT2D eigenvalue weighted by Crippen LogP contribution is -2.54. The smallest absolute Gasteiger partial charge is 0.304 e. The van der Waals surface area contributed by atoms with Crippen molar-refractivity contribution in [3.05, 3.63) is 102 Å². The molecular formula is C28H32F2N4O4S. The van der Waals surface area contributed by atoms with Crippen LogP contribution in [0.5, 0.6) is 0 Å². The first kappa shape index (κ1) is 29.7. The normalized spacial score (nSPS) is 12.2. The number of nitrogens with one attached hydrogen (secondary N) is 1. The van der Waals surface area contributed by atoms with Crippen molar-refractivity contribution in [1.29, 1.82) is 0 Å². The predicted molar refractivity (Wildman–Crippen MR) is 146 cm³/mol. The summed E-state index contributed by atoms with van der Waals surface area (Å²) in [6.45, 7) is 0.875. The predicted octanol–water partition coefficient (Wildman–Crippen LogP) is 3.35. The average Bonchev–Trinajstić information content (AvgIpc) is 2.91. The zero-order valence-electron chi connectivity index (χ0n) is 22.1. The number of para-hydroxylation sites is 1. The minimum atomic E-state index is -4.33. The molecule has 0 radical (unpaired) electrons. The van der Waals surface area contributed by atoms with Gasteiger partial charge in [-0.3, -0.25) is 9.59 Å². The summed E-state index contributed by atoms with van der Waals surface area (Å²) < 4.78 is 57.5. The second-order valence-corrected chi connectivity index (χ2v) is 11.0. The standard InChI is InChI=1S/C28H32F2N4O4S/c1-4-31-28(36)26(18-21-12-6-5-7-13-21)33(19-22-14-8-9-15-23(22)29)27(35)20-34(39(37,38)32(2)3)25-17-11-10-16-24(25)30/h5-17,26H,4,18-20H2,1-3H3,(H,31,36)/t26-/m0/s1. The summed E-state index contributed by atoms with van der Waals surface area (Å²) in [4.78, 5) is 28.4. The third-order valence-electron chi connectivity index (χ3n) is 6.06. The van der Waals surface area contributed by atoms with Crippen molar-refractivity contribution in [2.24, 2.45) is 0 Å². The van der Waals surface area contributed by atoms with Crippen LogP contribution in [0, 0.1) is 11.6 Å². The fourth-order valence-electron chi connectivity index (χ4n) is 4.01. The van der Waals surface area contributed by atoms with Crippen LogP contribution in [-0.4, -0.2) is 62.7 Å². The van der Waals surface area contributed by atoms with Crippen molar-refractivity contribution in [3.8, 4) is 0 Å². The molecule has 2 amide bonds. The number of likely N-dealkylation sites (N-methyl/N-ethyl adjacent to an activating group) is 1. The summed E-state index contributed by atoms with van der Waals surface area (Å²) in [5, 5.41) is 2.72. The van der Waals surface area contributed by atoms with Gasteiger partial charge in [0.1, 0.15) is 24.2 Å². The van der Waals surface area contributed by atoms with Crippen LogP contribution in [0.3, 0.4) is 0 Å². The van der Waals surface area contributed by atoms with Gasteiger partial charge in [-0.15, -0.1) is 0 Å². The molecule has 8 nitrogen and oxygen atoms in total. The van der Waals surface area contributed by atoms with Gasteiger partial charge in [0.2, 0.25) is 11.8 Å². The van der Waals surface area contributed by atoms with Gasteiger partial charge < -0.3 is 10.2 Å². The Morgan fingerprint density at radius 1 is 0.872 bits per heavy atom. The molecule has 0 heterocycles. The van der Waals surface area contributed by atoms with Crippen LogP contribution in [0.4, 0.5) is 14.5 Å². The molecule has 0 aliphatic carbocycles. The lowest BCUT2D eigenvalue weighted by Gasteiger charge is -2.34. The molecule has 1 atom stereocenters. The second-order valence-electron chi connectivity index (χ2n) is 8.96. The fraction of sp³-hybridized carbons (Fsp3) is 0.286. The summed E-state index contributed by atoms with van der Waals surface area (Å²) in [5.41, 5.74) is 0.552. The van der Waals surface area contributed by atoms with Crippen molar-refractivity contribution >= 4 is 27.7 Å². The van der Waals surface area contributed by atoms with Crippen LogP contribution in [0.1, 0.15) is 18.1 Å². The van der Waals surface area contributed by atoms with Gasteiger partial charge in [0, 0.05) is 39.2 Å². The minimum absolute atomic E-state index is 0.0903. The van der Waals surface area contributed by atoms with E-state index in [1.165, 1.54) is 50.5 Å². The van der Waals surface area contributed by atoms with E-state index in [1.807, 2.05) is 6.07 Å². The Morgan fingerprint density at radius 3 is 2.05 bits per heavy atom. The molecule has 0 bridgehead atoms. The highest BCUT2D eigenvalue weighted by Gasteiger charge is 2.35. The van der Waals surface area contributed by atoms with Crippen LogP contribution in [0.15, 0.2) is 78.9 Å². The molecule has 0 aliphatic heterocycles. The van der Waals surface area contributed by atoms with Gasteiger partial charge in [0.05, 0.1) is 5.69 Å². The Balaban J connectivity index is 2.10. The van der Waals surface area contributed by atoms with E-state index in [4.69, 9.17) is 0 Å². The number of nitrogens with zero attached hydrogens (tertiary/aromatic N) is 3. The molecule has 208 valence electrons. The summed E-state index contributed by atoms with van der Waals surface area (Å²) in [6, 6.07) is 18.9. The van der Waals surface area contributed by atoms with Crippen molar-refractivity contribution < 1.29 is 26.8 Å². The first-order valence-corrected chi connectivity index (χ1v) is 13.7. The van der Waals surface area contributed by atoms with E-state index in [-0.39, 0.29) is 30.8 Å². The van der Waals surface area contributed by atoms with E-state index in [2.05, 4.69) is 5.32 Å². The molecule has 0 fully saturated rings. The highest BCUT2D eigenvalue weighted by Crippen LogP contribution is 2.24. The maximum atomic E-state index is 14.8. The number of rotatable bonds is 12. The Morgan fingerprint density at radius 2 is 1.46 bits per heavy atom. The third-order valence-corrected chi connectivity index (χ3v) is 7.87. The van der Waals surface area contributed by atoms with E-state index in [1.54, 1.807) is 37.3 Å². The van der Waals surface area contributed by atoms with Crippen molar-refractivity contribution in [3.63, 3.8) is 0 Å². The number of carbonyl (C=O) groups excluding carboxylic acids is 2. The number of benzene rings is 3. The molecule has 3 rings (SSSR count). The highest BCUT2D eigenvalue weighted by molar-refractivity contribution is 7.90. The van der Waals surface area contributed by atoms with Crippen LogP contribution in [0.2, 0.25) is 0 Å². The Hall–Kier alpha value is -3.83. The van der Waals surface area contributed by atoms with Gasteiger partial charge >= 0.3 is 10.2 Å². The largest absolute Gasteiger partial charge is 0.355 e. The molecule has 0 aromatic heterocycles. The summed E-state index contributed by atoms with van der Waals surface area (Å²) in [6.07, 6.45) is 0.0903. The Labute approximate surface area is 228 Å². The maximum absolute atomic E-state index is 14.8. The van der Waals surface area contributed by atoms with Gasteiger partial charge in [0.25, 0.3) is 0 Å². The molecule has 0 saturated heterocycles. The van der Waals surface area contributed by atoms with Crippen LogP contribution in [0.25, 0.3) is 0 Å². The van der Waals surface area contributed by atoms with E-state index < -0.39 is 46.2 Å². The van der Waals surface area contributed by atoms with E-state index in [9.17, 15) is 26.8 Å². The summed E-state index contributed by atoms with van der Waals surface area (Å²) >= 11 is 0. The molecule has 0 saturated carbocycles. The molecular weight excluding hydrogens is 526 g/mol. The lowest BCUT2D eigenvalue weighted by atomic mass is 10.0. The monoisotopic (exact) mass is 558 g/mol. The molecule has 11 heteroatoms. The zero-order valence-corrected chi connectivity index (χ0v) is 22.9. The number of carbonyl (C=O) groups is 2. The van der Waals surface area contributed by atoms with Gasteiger partial charge in [-0.25, -0.2) is 13.1 Å². The lowest BCUT2D eigenvalue weighted by molar-refractivity contribution is -0.140. The Kier molecular flexibility index (Phi) is 10.1. The quantitative estimate of drug-likeness (QED) is 0.369. The molecule has 0 spiro atoms. The molecule has 0 unspecified atom stereocenters. The highest BCUT2D eigenvalue weighted by atomic mass is 32.2.